The van der Waals surface area contributed by atoms with Crippen LogP contribution in [0.3, 0.4) is 0 Å². The summed E-state index contributed by atoms with van der Waals surface area (Å²) in [6, 6.07) is 11.2. The number of rotatable bonds is 5. The summed E-state index contributed by atoms with van der Waals surface area (Å²) in [6.07, 6.45) is 0. The smallest absolute Gasteiger partial charge is 0.159 e. The SMILES string of the molecule is Cc1cccc(C)c1N=C(N)SCCOc1ccc(Cl)cc1Cl. The number of hydrogen-bond acceptors (Lipinski definition) is 3. The molecule has 6 heteroatoms. The molecule has 122 valence electrons. The predicted molar refractivity (Wildman–Crippen MR) is 102 cm³/mol. The van der Waals surface area contributed by atoms with E-state index >= 15 is 0 Å². The molecule has 0 aliphatic heterocycles. The van der Waals surface area contributed by atoms with Gasteiger partial charge in [0.05, 0.1) is 17.3 Å². The van der Waals surface area contributed by atoms with Crippen LogP contribution in [0.25, 0.3) is 0 Å². The average Bonchev–Trinajstić information content (AvgIpc) is 2.49. The molecule has 2 aromatic carbocycles. The number of aliphatic imine (C=N–C) groups is 1. The van der Waals surface area contributed by atoms with Gasteiger partial charge in [0, 0.05) is 10.8 Å². The van der Waals surface area contributed by atoms with Crippen molar-refractivity contribution < 1.29 is 4.74 Å². The highest BCUT2D eigenvalue weighted by molar-refractivity contribution is 8.13. The molecule has 0 spiro atoms. The number of para-hydroxylation sites is 1. The highest BCUT2D eigenvalue weighted by atomic mass is 35.5. The van der Waals surface area contributed by atoms with Gasteiger partial charge < -0.3 is 10.5 Å². The van der Waals surface area contributed by atoms with Crippen molar-refractivity contribution in [3.05, 3.63) is 57.6 Å². The minimum absolute atomic E-state index is 0.481. The quantitative estimate of drug-likeness (QED) is 0.438. The molecule has 0 saturated carbocycles. The van der Waals surface area contributed by atoms with E-state index in [2.05, 4.69) is 4.99 Å². The monoisotopic (exact) mass is 368 g/mol. The second-order valence-corrected chi connectivity index (χ2v) is 6.92. The lowest BCUT2D eigenvalue weighted by Crippen LogP contribution is -2.10. The number of ether oxygens (including phenoxy) is 1. The summed E-state index contributed by atoms with van der Waals surface area (Å²) in [6.45, 7) is 4.53. The Morgan fingerprint density at radius 1 is 1.17 bits per heavy atom. The highest BCUT2D eigenvalue weighted by Gasteiger charge is 2.04. The van der Waals surface area contributed by atoms with E-state index < -0.39 is 0 Å². The Morgan fingerprint density at radius 3 is 2.52 bits per heavy atom. The normalized spacial score (nSPS) is 11.6. The summed E-state index contributed by atoms with van der Waals surface area (Å²) in [4.78, 5) is 4.49. The van der Waals surface area contributed by atoms with E-state index in [1.807, 2.05) is 32.0 Å². The van der Waals surface area contributed by atoms with Gasteiger partial charge in [0.15, 0.2) is 5.17 Å². The van der Waals surface area contributed by atoms with Crippen LogP contribution in [-0.4, -0.2) is 17.5 Å². The summed E-state index contributed by atoms with van der Waals surface area (Å²) in [5.74, 6) is 1.29. The third kappa shape index (κ3) is 5.34. The largest absolute Gasteiger partial charge is 0.491 e. The molecule has 0 fully saturated rings. The molecule has 0 saturated heterocycles. The fraction of sp³-hybridized carbons (Fsp3) is 0.235. The Kier molecular flexibility index (Phi) is 6.63. The van der Waals surface area contributed by atoms with Crippen molar-refractivity contribution >= 4 is 45.8 Å². The summed E-state index contributed by atoms with van der Waals surface area (Å²) < 4.78 is 5.62. The zero-order chi connectivity index (χ0) is 16.8. The molecule has 3 nitrogen and oxygen atoms in total. The van der Waals surface area contributed by atoms with Gasteiger partial charge in [0.1, 0.15) is 5.75 Å². The number of halogens is 2. The third-order valence-corrected chi connectivity index (χ3v) is 4.43. The van der Waals surface area contributed by atoms with Crippen LogP contribution in [-0.2, 0) is 0 Å². The van der Waals surface area contributed by atoms with E-state index in [1.165, 1.54) is 11.8 Å². The number of aryl methyl sites for hydroxylation is 2. The van der Waals surface area contributed by atoms with Gasteiger partial charge in [-0.2, -0.15) is 0 Å². The second-order valence-electron chi connectivity index (χ2n) is 4.96. The lowest BCUT2D eigenvalue weighted by Gasteiger charge is -2.08. The van der Waals surface area contributed by atoms with Crippen molar-refractivity contribution in [2.45, 2.75) is 13.8 Å². The van der Waals surface area contributed by atoms with Gasteiger partial charge in [0.25, 0.3) is 0 Å². The van der Waals surface area contributed by atoms with Crippen molar-refractivity contribution in [3.8, 4) is 5.75 Å². The van der Waals surface area contributed by atoms with E-state index in [1.54, 1.807) is 18.2 Å². The zero-order valence-electron chi connectivity index (χ0n) is 13.0. The molecule has 2 rings (SSSR count). The highest BCUT2D eigenvalue weighted by Crippen LogP contribution is 2.28. The molecule has 0 amide bonds. The molecule has 0 unspecified atom stereocenters. The fourth-order valence-corrected chi connectivity index (χ4v) is 3.01. The van der Waals surface area contributed by atoms with Crippen molar-refractivity contribution in [3.63, 3.8) is 0 Å². The van der Waals surface area contributed by atoms with E-state index in [4.69, 9.17) is 33.7 Å². The fourth-order valence-electron chi connectivity index (χ4n) is 2.01. The molecule has 2 aromatic rings. The first-order chi connectivity index (χ1) is 11.0. The lowest BCUT2D eigenvalue weighted by atomic mass is 10.1. The van der Waals surface area contributed by atoms with Gasteiger partial charge in [-0.25, -0.2) is 4.99 Å². The van der Waals surface area contributed by atoms with Crippen LogP contribution in [0.1, 0.15) is 11.1 Å². The Bertz CT molecular complexity index is 699. The van der Waals surface area contributed by atoms with Crippen molar-refractivity contribution in [1.82, 2.24) is 0 Å². The Morgan fingerprint density at radius 2 is 1.87 bits per heavy atom. The molecule has 0 atom stereocenters. The van der Waals surface area contributed by atoms with Gasteiger partial charge in [-0.05, 0) is 43.2 Å². The van der Waals surface area contributed by atoms with Gasteiger partial charge in [-0.15, -0.1) is 0 Å². The maximum atomic E-state index is 6.05. The molecule has 0 aliphatic rings. The maximum Gasteiger partial charge on any atom is 0.159 e. The standard InChI is InChI=1S/C17H18Cl2N2OS/c1-11-4-3-5-12(2)16(11)21-17(20)23-9-8-22-15-7-6-13(18)10-14(15)19/h3-7,10H,8-9H2,1-2H3,(H2,20,21). The van der Waals surface area contributed by atoms with Crippen LogP contribution < -0.4 is 10.5 Å². The zero-order valence-corrected chi connectivity index (χ0v) is 15.3. The van der Waals surface area contributed by atoms with Crippen molar-refractivity contribution in [2.24, 2.45) is 10.7 Å². The van der Waals surface area contributed by atoms with Gasteiger partial charge in [-0.3, -0.25) is 0 Å². The first-order valence-electron chi connectivity index (χ1n) is 7.08. The molecule has 0 heterocycles. The van der Waals surface area contributed by atoms with Crippen LogP contribution >= 0.6 is 35.0 Å². The minimum Gasteiger partial charge on any atom is -0.491 e. The molecule has 0 radical (unpaired) electrons. The molecule has 2 N–H and O–H groups in total. The lowest BCUT2D eigenvalue weighted by molar-refractivity contribution is 0.344. The number of amidine groups is 1. The maximum absolute atomic E-state index is 6.05. The number of nitrogens with zero attached hydrogens (tertiary/aromatic N) is 1. The van der Waals surface area contributed by atoms with Crippen LogP contribution in [0.15, 0.2) is 41.4 Å². The van der Waals surface area contributed by atoms with Gasteiger partial charge in [0.2, 0.25) is 0 Å². The Balaban J connectivity index is 1.87. The van der Waals surface area contributed by atoms with E-state index in [0.29, 0.717) is 33.3 Å². The minimum atomic E-state index is 0.481. The number of nitrogens with two attached hydrogens (primary N) is 1. The van der Waals surface area contributed by atoms with Crippen LogP contribution in [0, 0.1) is 13.8 Å². The summed E-state index contributed by atoms with van der Waals surface area (Å²) in [5.41, 5.74) is 9.13. The Labute approximate surface area is 150 Å². The van der Waals surface area contributed by atoms with Crippen LogP contribution in [0.4, 0.5) is 5.69 Å². The molecular weight excluding hydrogens is 351 g/mol. The molecule has 0 bridgehead atoms. The number of benzene rings is 2. The van der Waals surface area contributed by atoms with E-state index in [-0.39, 0.29) is 0 Å². The molecule has 23 heavy (non-hydrogen) atoms. The summed E-state index contributed by atoms with van der Waals surface area (Å²) >= 11 is 13.3. The summed E-state index contributed by atoms with van der Waals surface area (Å²) in [7, 11) is 0. The number of hydrogen-bond donors (Lipinski definition) is 1. The second kappa shape index (κ2) is 8.48. The molecular formula is C17H18Cl2N2OS. The molecule has 0 aromatic heterocycles. The van der Waals surface area contributed by atoms with Crippen LogP contribution in [0.2, 0.25) is 10.0 Å². The van der Waals surface area contributed by atoms with Crippen molar-refractivity contribution in [1.29, 1.82) is 0 Å². The first kappa shape index (κ1) is 18.0. The molecule has 0 aliphatic carbocycles. The van der Waals surface area contributed by atoms with E-state index in [9.17, 15) is 0 Å². The van der Waals surface area contributed by atoms with Crippen molar-refractivity contribution in [2.75, 3.05) is 12.4 Å². The van der Waals surface area contributed by atoms with Gasteiger partial charge in [-0.1, -0.05) is 53.2 Å². The first-order valence-corrected chi connectivity index (χ1v) is 8.82. The third-order valence-electron chi connectivity index (χ3n) is 3.15. The Hall–Kier alpha value is -1.36. The van der Waals surface area contributed by atoms with Gasteiger partial charge >= 0.3 is 0 Å². The van der Waals surface area contributed by atoms with E-state index in [0.717, 1.165) is 16.8 Å². The predicted octanol–water partition coefficient (Wildman–Crippen LogP) is 5.37. The number of thioether (sulfide) groups is 1. The summed E-state index contributed by atoms with van der Waals surface area (Å²) in [5, 5.41) is 1.61. The van der Waals surface area contributed by atoms with Crippen LogP contribution in [0.5, 0.6) is 5.75 Å². The topological polar surface area (TPSA) is 47.6 Å². The average molecular weight is 369 g/mol.